The van der Waals surface area contributed by atoms with Gasteiger partial charge in [-0.25, -0.2) is 17.9 Å². The molecule has 2 heterocycles. The van der Waals surface area contributed by atoms with Gasteiger partial charge in [-0.05, 0) is 43.7 Å². The van der Waals surface area contributed by atoms with Crippen LogP contribution in [-0.4, -0.2) is 33.5 Å². The molecule has 146 valence electrons. The maximum Gasteiger partial charge on any atom is 0.247 e. The second-order valence-electron chi connectivity index (χ2n) is 7.12. The number of benzene rings is 2. The van der Waals surface area contributed by atoms with E-state index in [9.17, 15) is 13.2 Å². The standard InChI is InChI=1S/C19H18F3N5O/c1-11-3-15(17(22)16(4-11)25-19(2)8-28-9-19)24-18-23-10-27(26-18)14-6-12(20)5-13(21)7-14/h3-7,10,25H,8-9H2,1-2H3,(H,24,26). The number of halogens is 3. The highest BCUT2D eigenvalue weighted by Gasteiger charge is 2.34. The average Bonchev–Trinajstić information content (AvgIpc) is 3.05. The molecule has 1 saturated heterocycles. The first-order valence-corrected chi connectivity index (χ1v) is 8.63. The molecule has 0 unspecified atom stereocenters. The fourth-order valence-corrected chi connectivity index (χ4v) is 2.99. The summed E-state index contributed by atoms with van der Waals surface area (Å²) in [6, 6.07) is 6.36. The van der Waals surface area contributed by atoms with Crippen LogP contribution in [0, 0.1) is 24.4 Å². The van der Waals surface area contributed by atoms with Crippen LogP contribution in [0.25, 0.3) is 5.69 Å². The fraction of sp³-hybridized carbons (Fsp3) is 0.263. The van der Waals surface area contributed by atoms with Crippen molar-refractivity contribution in [2.75, 3.05) is 23.8 Å². The van der Waals surface area contributed by atoms with E-state index >= 15 is 0 Å². The van der Waals surface area contributed by atoms with Gasteiger partial charge in [0.2, 0.25) is 5.95 Å². The molecule has 0 bridgehead atoms. The number of hydrogen-bond donors (Lipinski definition) is 2. The quantitative estimate of drug-likeness (QED) is 0.692. The summed E-state index contributed by atoms with van der Waals surface area (Å²) >= 11 is 0. The van der Waals surface area contributed by atoms with E-state index in [1.807, 2.05) is 13.8 Å². The van der Waals surface area contributed by atoms with Gasteiger partial charge in [0, 0.05) is 6.07 Å². The van der Waals surface area contributed by atoms with E-state index < -0.39 is 17.5 Å². The molecule has 1 aliphatic rings. The minimum atomic E-state index is -0.728. The first-order chi connectivity index (χ1) is 13.3. The Morgan fingerprint density at radius 1 is 1.04 bits per heavy atom. The van der Waals surface area contributed by atoms with E-state index in [0.717, 1.165) is 23.8 Å². The normalized spacial score (nSPS) is 15.2. The van der Waals surface area contributed by atoms with Gasteiger partial charge in [-0.3, -0.25) is 0 Å². The molecule has 0 radical (unpaired) electrons. The molecule has 2 N–H and O–H groups in total. The van der Waals surface area contributed by atoms with Crippen LogP contribution in [-0.2, 0) is 4.74 Å². The lowest BCUT2D eigenvalue weighted by atomic mass is 9.99. The highest BCUT2D eigenvalue weighted by atomic mass is 19.1. The smallest absolute Gasteiger partial charge is 0.247 e. The van der Waals surface area contributed by atoms with Crippen molar-refractivity contribution in [2.24, 2.45) is 0 Å². The van der Waals surface area contributed by atoms with Gasteiger partial charge in [-0.1, -0.05) is 0 Å². The van der Waals surface area contributed by atoms with Gasteiger partial charge in [0.05, 0.1) is 35.8 Å². The summed E-state index contributed by atoms with van der Waals surface area (Å²) in [4.78, 5) is 4.04. The predicted molar refractivity (Wildman–Crippen MR) is 98.5 cm³/mol. The highest BCUT2D eigenvalue weighted by molar-refractivity contribution is 5.65. The lowest BCUT2D eigenvalue weighted by Crippen LogP contribution is -2.53. The monoisotopic (exact) mass is 389 g/mol. The van der Waals surface area contributed by atoms with E-state index in [-0.39, 0.29) is 22.9 Å². The van der Waals surface area contributed by atoms with Crippen molar-refractivity contribution in [1.29, 1.82) is 0 Å². The molecular formula is C19H18F3N5O. The number of nitrogens with one attached hydrogen (secondary N) is 2. The summed E-state index contributed by atoms with van der Waals surface area (Å²) < 4.78 is 48.1. The van der Waals surface area contributed by atoms with Gasteiger partial charge >= 0.3 is 0 Å². The van der Waals surface area contributed by atoms with E-state index in [4.69, 9.17) is 4.74 Å². The second-order valence-corrected chi connectivity index (χ2v) is 7.12. The summed E-state index contributed by atoms with van der Waals surface area (Å²) in [6.07, 6.45) is 1.29. The largest absolute Gasteiger partial charge is 0.376 e. The molecule has 3 aromatic rings. The van der Waals surface area contributed by atoms with Crippen LogP contribution >= 0.6 is 0 Å². The molecule has 0 saturated carbocycles. The van der Waals surface area contributed by atoms with E-state index in [2.05, 4.69) is 20.7 Å². The van der Waals surface area contributed by atoms with Crippen LogP contribution in [0.2, 0.25) is 0 Å². The molecular weight excluding hydrogens is 371 g/mol. The predicted octanol–water partition coefficient (Wildman–Crippen LogP) is 3.94. The Hall–Kier alpha value is -3.07. The number of aromatic nitrogens is 3. The number of hydrogen-bond acceptors (Lipinski definition) is 5. The molecule has 1 fully saturated rings. The van der Waals surface area contributed by atoms with Crippen molar-refractivity contribution in [3.63, 3.8) is 0 Å². The third-order valence-corrected chi connectivity index (χ3v) is 4.34. The van der Waals surface area contributed by atoms with Gasteiger partial charge in [-0.15, -0.1) is 5.10 Å². The van der Waals surface area contributed by atoms with Crippen LogP contribution in [0.3, 0.4) is 0 Å². The molecule has 0 spiro atoms. The molecule has 1 aliphatic heterocycles. The van der Waals surface area contributed by atoms with Crippen molar-refractivity contribution in [3.05, 3.63) is 59.7 Å². The van der Waals surface area contributed by atoms with Crippen LogP contribution in [0.15, 0.2) is 36.7 Å². The van der Waals surface area contributed by atoms with Gasteiger partial charge in [0.1, 0.15) is 18.0 Å². The lowest BCUT2D eigenvalue weighted by molar-refractivity contribution is -0.0319. The molecule has 2 aromatic carbocycles. The number of nitrogens with zero attached hydrogens (tertiary/aromatic N) is 3. The van der Waals surface area contributed by atoms with Crippen molar-refractivity contribution >= 4 is 17.3 Å². The molecule has 28 heavy (non-hydrogen) atoms. The molecule has 1 aromatic heterocycles. The Morgan fingerprint density at radius 2 is 1.71 bits per heavy atom. The fourth-order valence-electron chi connectivity index (χ4n) is 2.99. The van der Waals surface area contributed by atoms with Crippen molar-refractivity contribution < 1.29 is 17.9 Å². The zero-order valence-corrected chi connectivity index (χ0v) is 15.3. The summed E-state index contributed by atoms with van der Waals surface area (Å²) in [6.45, 7) is 4.79. The molecule has 6 nitrogen and oxygen atoms in total. The SMILES string of the molecule is Cc1cc(Nc2ncn(-c3cc(F)cc(F)c3)n2)c(F)c(NC2(C)COC2)c1. The number of ether oxygens (including phenoxy) is 1. The third kappa shape index (κ3) is 3.65. The van der Waals surface area contributed by atoms with Crippen molar-refractivity contribution in [1.82, 2.24) is 14.8 Å². The second kappa shape index (κ2) is 6.83. The van der Waals surface area contributed by atoms with Crippen LogP contribution in [0.4, 0.5) is 30.5 Å². The van der Waals surface area contributed by atoms with Gasteiger partial charge in [0.15, 0.2) is 5.82 Å². The molecule has 0 aliphatic carbocycles. The van der Waals surface area contributed by atoms with Crippen LogP contribution < -0.4 is 10.6 Å². The minimum absolute atomic E-state index is 0.0957. The molecule has 0 atom stereocenters. The van der Waals surface area contributed by atoms with Gasteiger partial charge < -0.3 is 15.4 Å². The van der Waals surface area contributed by atoms with Crippen LogP contribution in [0.5, 0.6) is 0 Å². The topological polar surface area (TPSA) is 64.0 Å². The van der Waals surface area contributed by atoms with E-state index in [1.165, 1.54) is 11.0 Å². The molecule has 9 heteroatoms. The Kier molecular flexibility index (Phi) is 4.46. The third-order valence-electron chi connectivity index (χ3n) is 4.34. The molecule has 0 amide bonds. The Morgan fingerprint density at radius 3 is 2.36 bits per heavy atom. The Balaban J connectivity index is 1.59. The number of aryl methyl sites for hydroxylation is 1. The first-order valence-electron chi connectivity index (χ1n) is 8.63. The zero-order valence-electron chi connectivity index (χ0n) is 15.3. The summed E-state index contributed by atoms with van der Waals surface area (Å²) in [7, 11) is 0. The van der Waals surface area contributed by atoms with Crippen molar-refractivity contribution in [3.8, 4) is 5.69 Å². The summed E-state index contributed by atoms with van der Waals surface area (Å²) in [5.41, 5.74) is 1.23. The number of rotatable bonds is 5. The van der Waals surface area contributed by atoms with Crippen LogP contribution in [0.1, 0.15) is 12.5 Å². The first kappa shape index (κ1) is 18.3. The molecule has 4 rings (SSSR count). The Labute approximate surface area is 159 Å². The number of anilines is 3. The maximum atomic E-state index is 14.9. The Bertz CT molecular complexity index is 1010. The highest BCUT2D eigenvalue weighted by Crippen LogP contribution is 2.31. The lowest BCUT2D eigenvalue weighted by Gasteiger charge is -2.39. The van der Waals surface area contributed by atoms with Gasteiger partial charge in [-0.2, -0.15) is 4.98 Å². The zero-order chi connectivity index (χ0) is 19.9. The van der Waals surface area contributed by atoms with Crippen molar-refractivity contribution in [2.45, 2.75) is 19.4 Å². The maximum absolute atomic E-state index is 14.9. The summed E-state index contributed by atoms with van der Waals surface area (Å²) in [5.74, 6) is -1.84. The van der Waals surface area contributed by atoms with Gasteiger partial charge in [0.25, 0.3) is 0 Å². The van der Waals surface area contributed by atoms with E-state index in [0.29, 0.717) is 18.9 Å². The van der Waals surface area contributed by atoms with E-state index in [1.54, 1.807) is 12.1 Å². The minimum Gasteiger partial charge on any atom is -0.376 e. The average molecular weight is 389 g/mol. The summed E-state index contributed by atoms with van der Waals surface area (Å²) in [5, 5.41) is 10.1.